The van der Waals surface area contributed by atoms with E-state index in [0.717, 1.165) is 12.1 Å². The third kappa shape index (κ3) is 3.96. The minimum atomic E-state index is -0.500. The molecule has 2 rings (SSSR count). The zero-order valence-electron chi connectivity index (χ0n) is 14.4. The topological polar surface area (TPSA) is 84.7 Å². The molecule has 0 aromatic heterocycles. The molecule has 8 heteroatoms. The number of hydrogen-bond donors (Lipinski definition) is 1. The normalized spacial score (nSPS) is 17.3. The van der Waals surface area contributed by atoms with Gasteiger partial charge in [0.15, 0.2) is 5.11 Å². The fraction of sp³-hybridized carbons (Fsp3) is 0.412. The van der Waals surface area contributed by atoms with Crippen LogP contribution in [0.2, 0.25) is 0 Å². The summed E-state index contributed by atoms with van der Waals surface area (Å²) in [6, 6.07) is 5.58. The molecule has 0 unspecified atom stereocenters. The van der Waals surface area contributed by atoms with E-state index in [2.05, 4.69) is 5.32 Å². The number of nitro groups is 1. The van der Waals surface area contributed by atoms with Gasteiger partial charge in [0.1, 0.15) is 0 Å². The highest BCUT2D eigenvalue weighted by atomic mass is 32.1. The van der Waals surface area contributed by atoms with Gasteiger partial charge in [0.25, 0.3) is 5.69 Å². The molecule has 7 nitrogen and oxygen atoms in total. The highest BCUT2D eigenvalue weighted by Crippen LogP contribution is 2.32. The van der Waals surface area contributed by atoms with E-state index in [1.54, 1.807) is 19.1 Å². The molecule has 0 aliphatic carbocycles. The summed E-state index contributed by atoms with van der Waals surface area (Å²) in [5.74, 6) is -0.417. The van der Waals surface area contributed by atoms with Gasteiger partial charge in [-0.3, -0.25) is 10.1 Å². The standard InChI is InChI=1S/C17H21N3O4S/c1-4-10-19-11(3)14(16(21)24-5-2)15(18-17(19)25)12-6-8-13(9-7-12)20(22)23/h6-9,15H,4-5,10H2,1-3H3,(H,18,25)/t15-/m0/s1. The van der Waals surface area contributed by atoms with Crippen molar-refractivity contribution in [1.82, 2.24) is 10.2 Å². The molecule has 0 saturated carbocycles. The summed E-state index contributed by atoms with van der Waals surface area (Å²) in [7, 11) is 0. The van der Waals surface area contributed by atoms with Crippen LogP contribution in [0.15, 0.2) is 35.5 Å². The van der Waals surface area contributed by atoms with Crippen LogP contribution in [0.25, 0.3) is 0 Å². The number of non-ortho nitro benzene ring substituents is 1. The van der Waals surface area contributed by atoms with Crippen molar-refractivity contribution >= 4 is 29.0 Å². The van der Waals surface area contributed by atoms with E-state index >= 15 is 0 Å². The predicted octanol–water partition coefficient (Wildman–Crippen LogP) is 3.07. The van der Waals surface area contributed by atoms with Gasteiger partial charge in [-0.1, -0.05) is 6.92 Å². The summed E-state index contributed by atoms with van der Waals surface area (Å²) in [4.78, 5) is 24.8. The molecule has 0 saturated heterocycles. The molecule has 0 fully saturated rings. The molecule has 0 amide bonds. The average Bonchev–Trinajstić information content (AvgIpc) is 2.58. The Morgan fingerprint density at radius 2 is 2.00 bits per heavy atom. The van der Waals surface area contributed by atoms with E-state index in [0.29, 0.717) is 22.8 Å². The Morgan fingerprint density at radius 3 is 2.52 bits per heavy atom. The average molecular weight is 363 g/mol. The van der Waals surface area contributed by atoms with Crippen LogP contribution in [0.5, 0.6) is 0 Å². The lowest BCUT2D eigenvalue weighted by Gasteiger charge is -2.37. The van der Waals surface area contributed by atoms with E-state index < -0.39 is 16.9 Å². The fourth-order valence-corrected chi connectivity index (χ4v) is 3.13. The highest BCUT2D eigenvalue weighted by molar-refractivity contribution is 7.80. The first kappa shape index (κ1) is 18.9. The second-order valence-electron chi connectivity index (χ2n) is 5.60. The lowest BCUT2D eigenvalue weighted by molar-refractivity contribution is -0.384. The van der Waals surface area contributed by atoms with E-state index in [1.165, 1.54) is 12.1 Å². The monoisotopic (exact) mass is 363 g/mol. The Bertz CT molecular complexity index is 715. The van der Waals surface area contributed by atoms with Gasteiger partial charge in [-0.05, 0) is 50.2 Å². The van der Waals surface area contributed by atoms with Crippen LogP contribution in [0, 0.1) is 10.1 Å². The largest absolute Gasteiger partial charge is 0.463 e. The maximum Gasteiger partial charge on any atom is 0.338 e. The van der Waals surface area contributed by atoms with Crippen LogP contribution in [0.3, 0.4) is 0 Å². The Hall–Kier alpha value is -2.48. The summed E-state index contributed by atoms with van der Waals surface area (Å²) in [5, 5.41) is 14.5. The van der Waals surface area contributed by atoms with Crippen molar-refractivity contribution in [3.05, 3.63) is 51.2 Å². The van der Waals surface area contributed by atoms with Crippen LogP contribution in [0.4, 0.5) is 5.69 Å². The second kappa shape index (κ2) is 8.06. The Balaban J connectivity index is 2.48. The summed E-state index contributed by atoms with van der Waals surface area (Å²) < 4.78 is 5.21. The van der Waals surface area contributed by atoms with E-state index in [-0.39, 0.29) is 12.3 Å². The Morgan fingerprint density at radius 1 is 1.36 bits per heavy atom. The van der Waals surface area contributed by atoms with Gasteiger partial charge in [0.2, 0.25) is 0 Å². The molecule has 0 radical (unpaired) electrons. The van der Waals surface area contributed by atoms with Gasteiger partial charge in [0.05, 0.1) is 23.1 Å². The van der Waals surface area contributed by atoms with Gasteiger partial charge >= 0.3 is 5.97 Å². The molecular formula is C17H21N3O4S. The minimum Gasteiger partial charge on any atom is -0.463 e. The molecule has 25 heavy (non-hydrogen) atoms. The number of nitrogens with zero attached hydrogens (tertiary/aromatic N) is 2. The number of esters is 1. The Labute approximate surface area is 151 Å². The first-order valence-electron chi connectivity index (χ1n) is 8.10. The van der Waals surface area contributed by atoms with Gasteiger partial charge in [-0.15, -0.1) is 0 Å². The first-order valence-corrected chi connectivity index (χ1v) is 8.51. The van der Waals surface area contributed by atoms with Gasteiger partial charge < -0.3 is 15.0 Å². The van der Waals surface area contributed by atoms with Gasteiger partial charge in [-0.2, -0.15) is 0 Å². The maximum absolute atomic E-state index is 12.5. The third-order valence-corrected chi connectivity index (χ3v) is 4.31. The van der Waals surface area contributed by atoms with Crippen molar-refractivity contribution in [2.75, 3.05) is 13.2 Å². The summed E-state index contributed by atoms with van der Waals surface area (Å²) >= 11 is 5.44. The lowest BCUT2D eigenvalue weighted by Crippen LogP contribution is -2.48. The fourth-order valence-electron chi connectivity index (χ4n) is 2.79. The number of thiocarbonyl (C=S) groups is 1. The number of rotatable bonds is 6. The number of nitrogens with one attached hydrogen (secondary N) is 1. The quantitative estimate of drug-likeness (QED) is 0.360. The van der Waals surface area contributed by atoms with Crippen molar-refractivity contribution in [2.45, 2.75) is 33.2 Å². The number of hydrogen-bond acceptors (Lipinski definition) is 5. The third-order valence-electron chi connectivity index (χ3n) is 3.98. The molecule has 1 aliphatic heterocycles. The van der Waals surface area contributed by atoms with E-state index in [4.69, 9.17) is 17.0 Å². The number of carbonyl (C=O) groups excluding carboxylic acids is 1. The summed E-state index contributed by atoms with van der Waals surface area (Å²) in [5.41, 5.74) is 1.92. The summed E-state index contributed by atoms with van der Waals surface area (Å²) in [6.45, 7) is 6.57. The molecule has 1 heterocycles. The summed E-state index contributed by atoms with van der Waals surface area (Å²) in [6.07, 6.45) is 0.872. The maximum atomic E-state index is 12.5. The predicted molar refractivity (Wildman–Crippen MR) is 97.9 cm³/mol. The number of benzene rings is 1. The van der Waals surface area contributed by atoms with Gasteiger partial charge in [0, 0.05) is 24.4 Å². The zero-order valence-corrected chi connectivity index (χ0v) is 15.3. The van der Waals surface area contributed by atoms with Crippen molar-refractivity contribution in [2.24, 2.45) is 0 Å². The molecule has 0 spiro atoms. The van der Waals surface area contributed by atoms with Crippen LogP contribution in [-0.2, 0) is 9.53 Å². The highest BCUT2D eigenvalue weighted by Gasteiger charge is 2.34. The molecule has 134 valence electrons. The smallest absolute Gasteiger partial charge is 0.338 e. The van der Waals surface area contributed by atoms with Crippen LogP contribution >= 0.6 is 12.2 Å². The molecule has 1 N–H and O–H groups in total. The molecule has 1 aliphatic rings. The van der Waals surface area contributed by atoms with Crippen molar-refractivity contribution in [1.29, 1.82) is 0 Å². The van der Waals surface area contributed by atoms with Crippen molar-refractivity contribution in [3.63, 3.8) is 0 Å². The molecule has 1 atom stereocenters. The SMILES string of the molecule is CCCN1C(=S)N[C@@H](c2ccc([N+](=O)[O-])cc2)C(C(=O)OCC)=C1C. The molecule has 0 bridgehead atoms. The van der Waals surface area contributed by atoms with E-state index in [9.17, 15) is 14.9 Å². The molecular weight excluding hydrogens is 342 g/mol. The lowest BCUT2D eigenvalue weighted by atomic mass is 9.94. The second-order valence-corrected chi connectivity index (χ2v) is 5.99. The molecule has 1 aromatic rings. The van der Waals surface area contributed by atoms with Gasteiger partial charge in [-0.25, -0.2) is 4.79 Å². The molecule has 1 aromatic carbocycles. The van der Waals surface area contributed by atoms with Crippen LogP contribution in [-0.4, -0.2) is 34.1 Å². The first-order chi connectivity index (χ1) is 11.9. The van der Waals surface area contributed by atoms with Crippen molar-refractivity contribution < 1.29 is 14.5 Å². The van der Waals surface area contributed by atoms with Crippen molar-refractivity contribution in [3.8, 4) is 0 Å². The van der Waals surface area contributed by atoms with Crippen LogP contribution in [0.1, 0.15) is 38.8 Å². The number of nitro benzene ring substituents is 1. The Kier molecular flexibility index (Phi) is 6.08. The van der Waals surface area contributed by atoms with Crippen LogP contribution < -0.4 is 5.32 Å². The number of allylic oxidation sites excluding steroid dienone is 1. The number of ether oxygens (including phenoxy) is 1. The number of carbonyl (C=O) groups is 1. The minimum absolute atomic E-state index is 0.00636. The zero-order chi connectivity index (χ0) is 18.6. The van der Waals surface area contributed by atoms with E-state index in [1.807, 2.05) is 18.7 Å².